The molecule has 2 saturated heterocycles. The maximum Gasteiger partial charge on any atom is 0.471 e. The fourth-order valence-electron chi connectivity index (χ4n) is 5.78. The van der Waals surface area contributed by atoms with Crippen LogP contribution in [-0.4, -0.2) is 86.5 Å². The number of carbonyl (C=O) groups excluding carboxylic acids is 4. The molecule has 17 heteroatoms. The van der Waals surface area contributed by atoms with Gasteiger partial charge in [-0.3, -0.25) is 19.2 Å². The van der Waals surface area contributed by atoms with E-state index in [4.69, 9.17) is 0 Å². The van der Waals surface area contributed by atoms with E-state index in [9.17, 15) is 53.9 Å². The molecule has 0 spiro atoms. The zero-order valence-electron chi connectivity index (χ0n) is 23.4. The molecule has 3 N–H and O–H groups in total. The molecule has 1 saturated carbocycles. The zero-order chi connectivity index (χ0) is 32.0. The summed E-state index contributed by atoms with van der Waals surface area (Å²) < 4.78 is 106. The van der Waals surface area contributed by atoms with Crippen molar-refractivity contribution in [3.63, 3.8) is 0 Å². The van der Waals surface area contributed by atoms with Crippen molar-refractivity contribution in [1.82, 2.24) is 20.9 Å². The standard InChI is InChI=1S/C25H34F6N4O6S/c1-23(2,3)18(34-22(39)25(29,30)31)21(38)35-11-13-9-24(27,28)10-15(13)17(35)20(37)33-14(8-16(26)42(4,40)41)7-12-5-6-32-19(12)36/h8,12-15,17-18H,5-7,9-11H2,1-4H3,(H,32,36)(H,33,37)(H,34,39)/b16-8-/t12-,13+,14-,15+,17-,18-/m0/s1. The highest BCUT2D eigenvalue weighted by atomic mass is 32.2. The Bertz CT molecular complexity index is 1250. The summed E-state index contributed by atoms with van der Waals surface area (Å²) in [5.74, 6) is -11.0. The molecule has 42 heavy (non-hydrogen) atoms. The number of nitrogens with zero attached hydrogens (tertiary/aromatic N) is 1. The van der Waals surface area contributed by atoms with E-state index in [1.54, 1.807) is 5.32 Å². The number of rotatable bonds is 8. The van der Waals surface area contributed by atoms with E-state index in [1.165, 1.54) is 20.8 Å². The number of nitrogens with one attached hydrogen (secondary N) is 3. The summed E-state index contributed by atoms with van der Waals surface area (Å²) in [5, 5.41) is 4.95. The maximum atomic E-state index is 14.5. The number of hydrogen-bond acceptors (Lipinski definition) is 6. The van der Waals surface area contributed by atoms with Crippen LogP contribution in [0.3, 0.4) is 0 Å². The third-order valence-electron chi connectivity index (χ3n) is 7.79. The van der Waals surface area contributed by atoms with Crippen LogP contribution in [0.5, 0.6) is 0 Å². The number of carbonyl (C=O) groups is 4. The SMILES string of the molecule is CC(C)(C)[C@@H](NC(=O)C(F)(F)F)C(=O)N1C[C@H]2CC(F)(F)C[C@H]2[C@H]1C(=O)N[C@H](/C=C(/F)S(C)(=O)=O)C[C@@H]1CCNC1=O. The number of fused-ring (bicyclic) bond motifs is 1. The Hall–Kier alpha value is -2.85. The normalized spacial score (nSPS) is 27.7. The van der Waals surface area contributed by atoms with Crippen molar-refractivity contribution in [2.45, 2.75) is 76.7 Å². The van der Waals surface area contributed by atoms with Gasteiger partial charge in [0.15, 0.2) is 0 Å². The van der Waals surface area contributed by atoms with Gasteiger partial charge in [-0.25, -0.2) is 17.2 Å². The monoisotopic (exact) mass is 632 g/mol. The molecule has 0 radical (unpaired) electrons. The highest BCUT2D eigenvalue weighted by Gasteiger charge is 2.59. The summed E-state index contributed by atoms with van der Waals surface area (Å²) >= 11 is 0. The van der Waals surface area contributed by atoms with Crippen molar-refractivity contribution >= 4 is 33.5 Å². The number of hydrogen-bond donors (Lipinski definition) is 3. The van der Waals surface area contributed by atoms with E-state index < -0.39 is 111 Å². The summed E-state index contributed by atoms with van der Waals surface area (Å²) in [7, 11) is -4.36. The lowest BCUT2D eigenvalue weighted by Crippen LogP contribution is -2.60. The molecule has 0 aromatic carbocycles. The fourth-order valence-corrected chi connectivity index (χ4v) is 6.19. The molecule has 6 atom stereocenters. The van der Waals surface area contributed by atoms with Gasteiger partial charge in [0.05, 0.1) is 6.04 Å². The van der Waals surface area contributed by atoms with Gasteiger partial charge in [-0.05, 0) is 36.2 Å². The Kier molecular flexibility index (Phi) is 9.36. The van der Waals surface area contributed by atoms with Gasteiger partial charge < -0.3 is 20.9 Å². The Balaban J connectivity index is 1.97. The second-order valence-electron chi connectivity index (χ2n) is 12.3. The van der Waals surface area contributed by atoms with Crippen molar-refractivity contribution in [3.05, 3.63) is 11.2 Å². The average Bonchev–Trinajstić information content (AvgIpc) is 3.45. The molecule has 0 aromatic rings. The van der Waals surface area contributed by atoms with Crippen molar-refractivity contribution in [3.8, 4) is 0 Å². The Morgan fingerprint density at radius 2 is 1.76 bits per heavy atom. The maximum absolute atomic E-state index is 14.5. The first-order valence-electron chi connectivity index (χ1n) is 13.2. The summed E-state index contributed by atoms with van der Waals surface area (Å²) in [4.78, 5) is 52.0. The third kappa shape index (κ3) is 7.75. The number of amides is 4. The van der Waals surface area contributed by atoms with E-state index >= 15 is 0 Å². The molecule has 4 amide bonds. The van der Waals surface area contributed by atoms with Crippen LogP contribution in [0, 0.1) is 23.2 Å². The first kappa shape index (κ1) is 33.6. The summed E-state index contributed by atoms with van der Waals surface area (Å²) in [5.41, 5.74) is -1.31. The second-order valence-corrected chi connectivity index (χ2v) is 14.2. The highest BCUT2D eigenvalue weighted by molar-refractivity contribution is 7.94. The van der Waals surface area contributed by atoms with Crippen molar-refractivity contribution < 1.29 is 53.9 Å². The molecule has 238 valence electrons. The second kappa shape index (κ2) is 11.7. The quantitative estimate of drug-likeness (QED) is 0.349. The molecule has 3 fully saturated rings. The highest BCUT2D eigenvalue weighted by Crippen LogP contribution is 2.50. The van der Waals surface area contributed by atoms with Crippen LogP contribution in [0.15, 0.2) is 11.2 Å². The first-order chi connectivity index (χ1) is 19.0. The Morgan fingerprint density at radius 1 is 1.14 bits per heavy atom. The topological polar surface area (TPSA) is 142 Å². The smallest absolute Gasteiger partial charge is 0.356 e. The number of likely N-dealkylation sites (tertiary alicyclic amines) is 1. The molecule has 1 aliphatic carbocycles. The lowest BCUT2D eigenvalue weighted by molar-refractivity contribution is -0.176. The van der Waals surface area contributed by atoms with Crippen molar-refractivity contribution in [2.24, 2.45) is 23.2 Å². The number of halogens is 6. The minimum Gasteiger partial charge on any atom is -0.356 e. The summed E-state index contributed by atoms with van der Waals surface area (Å²) in [6.07, 6.45) is -5.67. The molecule has 2 heterocycles. The van der Waals surface area contributed by atoms with E-state index in [0.29, 0.717) is 12.3 Å². The van der Waals surface area contributed by atoms with Crippen molar-refractivity contribution in [2.75, 3.05) is 19.3 Å². The van der Waals surface area contributed by atoms with E-state index in [-0.39, 0.29) is 19.4 Å². The zero-order valence-corrected chi connectivity index (χ0v) is 24.2. The minimum absolute atomic E-state index is 0.252. The van der Waals surface area contributed by atoms with Crippen LogP contribution in [0.1, 0.15) is 46.5 Å². The number of alkyl halides is 5. The average molecular weight is 633 g/mol. The van der Waals surface area contributed by atoms with Gasteiger partial charge in [0, 0.05) is 38.1 Å². The molecule has 2 aliphatic heterocycles. The van der Waals surface area contributed by atoms with Gasteiger partial charge in [-0.15, -0.1) is 0 Å². The third-order valence-corrected chi connectivity index (χ3v) is 8.63. The van der Waals surface area contributed by atoms with Crippen LogP contribution < -0.4 is 16.0 Å². The van der Waals surface area contributed by atoms with Crippen LogP contribution in [0.25, 0.3) is 0 Å². The van der Waals surface area contributed by atoms with Gasteiger partial charge in [0.1, 0.15) is 12.1 Å². The van der Waals surface area contributed by atoms with Gasteiger partial charge in [-0.2, -0.15) is 17.6 Å². The molecule has 3 aliphatic rings. The van der Waals surface area contributed by atoms with Gasteiger partial charge in [0.25, 0.3) is 0 Å². The van der Waals surface area contributed by atoms with Crippen molar-refractivity contribution in [1.29, 1.82) is 0 Å². The van der Waals surface area contributed by atoms with Crippen LogP contribution in [-0.2, 0) is 29.0 Å². The molecular weight excluding hydrogens is 598 g/mol. The Labute approximate surface area is 238 Å². The fraction of sp³-hybridized carbons (Fsp3) is 0.760. The molecule has 0 unspecified atom stereocenters. The van der Waals surface area contributed by atoms with E-state index in [1.807, 2.05) is 0 Å². The number of sulfone groups is 1. The van der Waals surface area contributed by atoms with Crippen LogP contribution >= 0.6 is 0 Å². The first-order valence-corrected chi connectivity index (χ1v) is 15.1. The van der Waals surface area contributed by atoms with E-state index in [2.05, 4.69) is 10.6 Å². The lowest BCUT2D eigenvalue weighted by Gasteiger charge is -2.37. The van der Waals surface area contributed by atoms with Crippen LogP contribution in [0.4, 0.5) is 26.3 Å². The van der Waals surface area contributed by atoms with Gasteiger partial charge >= 0.3 is 12.1 Å². The van der Waals surface area contributed by atoms with Gasteiger partial charge in [-0.1, -0.05) is 20.8 Å². The molecular formula is C25H34F6N4O6S. The minimum atomic E-state index is -5.33. The summed E-state index contributed by atoms with van der Waals surface area (Å²) in [6, 6.07) is -4.87. The molecule has 3 rings (SSSR count). The molecule has 0 bridgehead atoms. The van der Waals surface area contributed by atoms with E-state index in [0.717, 1.165) is 4.90 Å². The largest absolute Gasteiger partial charge is 0.471 e. The molecule has 0 aromatic heterocycles. The predicted molar refractivity (Wildman–Crippen MR) is 136 cm³/mol. The predicted octanol–water partition coefficient (Wildman–Crippen LogP) is 1.82. The molecule has 10 nitrogen and oxygen atoms in total. The Morgan fingerprint density at radius 3 is 2.26 bits per heavy atom. The van der Waals surface area contributed by atoms with Crippen LogP contribution in [0.2, 0.25) is 0 Å². The van der Waals surface area contributed by atoms with Gasteiger partial charge in [0.2, 0.25) is 38.6 Å². The summed E-state index contributed by atoms with van der Waals surface area (Å²) in [6.45, 7) is 3.97. The lowest BCUT2D eigenvalue weighted by atomic mass is 9.85.